The number of likely N-dealkylation sites (tertiary alicyclic amines) is 1. The van der Waals surface area contributed by atoms with Crippen LogP contribution < -0.4 is 5.32 Å². The third kappa shape index (κ3) is 4.35. The fourth-order valence-corrected chi connectivity index (χ4v) is 3.50. The molecule has 0 saturated carbocycles. The minimum atomic E-state index is -0.677. The minimum absolute atomic E-state index is 0.0572. The van der Waals surface area contributed by atoms with Gasteiger partial charge < -0.3 is 10.2 Å². The highest BCUT2D eigenvalue weighted by Crippen LogP contribution is 2.31. The second-order valence-electron chi connectivity index (χ2n) is 7.54. The molecule has 2 aromatic rings. The first-order valence-electron chi connectivity index (χ1n) is 9.27. The Morgan fingerprint density at radius 2 is 1.85 bits per heavy atom. The number of piperidine rings is 1. The number of hydrogen-bond acceptors (Lipinski definition) is 2. The van der Waals surface area contributed by atoms with Crippen molar-refractivity contribution in [2.75, 3.05) is 13.1 Å². The Bertz CT molecular complexity index is 834. The molecule has 1 aliphatic rings. The number of nitrogens with one attached hydrogen (secondary N) is 1. The van der Waals surface area contributed by atoms with Crippen molar-refractivity contribution in [2.24, 2.45) is 5.41 Å². The third-order valence-corrected chi connectivity index (χ3v) is 5.21. The maximum Gasteiger partial charge on any atom is 0.256 e. The molecule has 2 amide bonds. The lowest BCUT2D eigenvalue weighted by molar-refractivity contribution is -0.132. The summed E-state index contributed by atoms with van der Waals surface area (Å²) in [6.45, 7) is 5.18. The quantitative estimate of drug-likeness (QED) is 0.895. The summed E-state index contributed by atoms with van der Waals surface area (Å²) in [5, 5.41) is 2.99. The normalized spacial score (nSPS) is 19.6. The lowest BCUT2D eigenvalue weighted by Gasteiger charge is -2.39. The standard InChI is InChI=1S/C22H25FN2O2/c1-16-8-10-17(11-9-16)14-24-21(27)22(2)12-5-13-25(15-22)20(26)18-6-3-4-7-19(18)23/h3-4,6-11H,5,12-15H2,1-2H3,(H,24,27)/t22-/m1/s1. The van der Waals surface area contributed by atoms with Crippen LogP contribution in [0.25, 0.3) is 0 Å². The van der Waals surface area contributed by atoms with E-state index < -0.39 is 11.2 Å². The van der Waals surface area contributed by atoms with Crippen LogP contribution in [0.4, 0.5) is 4.39 Å². The summed E-state index contributed by atoms with van der Waals surface area (Å²) in [7, 11) is 0. The molecule has 1 heterocycles. The van der Waals surface area contributed by atoms with Gasteiger partial charge in [-0.15, -0.1) is 0 Å². The fourth-order valence-electron chi connectivity index (χ4n) is 3.50. The van der Waals surface area contributed by atoms with Crippen molar-refractivity contribution in [3.8, 4) is 0 Å². The number of aryl methyl sites for hydroxylation is 1. The van der Waals surface area contributed by atoms with Gasteiger partial charge in [-0.3, -0.25) is 9.59 Å². The zero-order valence-electron chi connectivity index (χ0n) is 15.8. The lowest BCUT2D eigenvalue weighted by atomic mass is 9.80. The molecule has 0 aromatic heterocycles. The van der Waals surface area contributed by atoms with Gasteiger partial charge in [-0.1, -0.05) is 42.0 Å². The van der Waals surface area contributed by atoms with Crippen molar-refractivity contribution in [3.05, 3.63) is 71.0 Å². The number of amides is 2. The van der Waals surface area contributed by atoms with E-state index in [1.54, 1.807) is 17.0 Å². The molecule has 1 saturated heterocycles. The average Bonchev–Trinajstić information content (AvgIpc) is 2.67. The monoisotopic (exact) mass is 368 g/mol. The van der Waals surface area contributed by atoms with Crippen LogP contribution in [0.3, 0.4) is 0 Å². The van der Waals surface area contributed by atoms with Crippen LogP contribution in [-0.2, 0) is 11.3 Å². The SMILES string of the molecule is Cc1ccc(CNC(=O)[C@]2(C)CCCN(C(=O)c3ccccc3F)C2)cc1. The van der Waals surface area contributed by atoms with Crippen molar-refractivity contribution >= 4 is 11.8 Å². The summed E-state index contributed by atoms with van der Waals surface area (Å²) in [6.07, 6.45) is 1.42. The smallest absolute Gasteiger partial charge is 0.256 e. The zero-order valence-corrected chi connectivity index (χ0v) is 15.8. The van der Waals surface area contributed by atoms with Gasteiger partial charge in [0.25, 0.3) is 5.91 Å². The summed E-state index contributed by atoms with van der Waals surface area (Å²) in [5.74, 6) is -0.960. The molecule has 0 aliphatic carbocycles. The van der Waals surface area contributed by atoms with Gasteiger partial charge in [-0.05, 0) is 44.4 Å². The molecule has 1 N–H and O–H groups in total. The highest BCUT2D eigenvalue weighted by Gasteiger charge is 2.39. The summed E-state index contributed by atoms with van der Waals surface area (Å²) < 4.78 is 14.0. The Morgan fingerprint density at radius 1 is 1.15 bits per heavy atom. The summed E-state index contributed by atoms with van der Waals surface area (Å²) in [4.78, 5) is 27.1. The van der Waals surface area contributed by atoms with Crippen LogP contribution >= 0.6 is 0 Å². The molecule has 0 bridgehead atoms. The van der Waals surface area contributed by atoms with Crippen molar-refractivity contribution in [1.82, 2.24) is 10.2 Å². The molecular weight excluding hydrogens is 343 g/mol. The largest absolute Gasteiger partial charge is 0.351 e. The highest BCUT2D eigenvalue weighted by molar-refractivity contribution is 5.95. The summed E-state index contributed by atoms with van der Waals surface area (Å²) in [6, 6.07) is 14.0. The Morgan fingerprint density at radius 3 is 2.56 bits per heavy atom. The molecular formula is C22H25FN2O2. The number of carbonyl (C=O) groups is 2. The van der Waals surface area contributed by atoms with Crippen molar-refractivity contribution < 1.29 is 14.0 Å². The van der Waals surface area contributed by atoms with Crippen molar-refractivity contribution in [1.29, 1.82) is 0 Å². The minimum Gasteiger partial charge on any atom is -0.351 e. The predicted molar refractivity (Wildman–Crippen MR) is 103 cm³/mol. The Labute approximate surface area is 159 Å². The average molecular weight is 368 g/mol. The van der Waals surface area contributed by atoms with E-state index in [1.807, 2.05) is 38.1 Å². The van der Waals surface area contributed by atoms with Gasteiger partial charge in [-0.2, -0.15) is 0 Å². The lowest BCUT2D eigenvalue weighted by Crippen LogP contribution is -2.51. The van der Waals surface area contributed by atoms with E-state index in [4.69, 9.17) is 0 Å². The van der Waals surface area contributed by atoms with Crippen molar-refractivity contribution in [2.45, 2.75) is 33.2 Å². The number of rotatable bonds is 4. The molecule has 1 atom stereocenters. The maximum absolute atomic E-state index is 14.0. The number of carbonyl (C=O) groups excluding carboxylic acids is 2. The van der Waals surface area contributed by atoms with Crippen LogP contribution in [0, 0.1) is 18.2 Å². The Hall–Kier alpha value is -2.69. The first-order valence-corrected chi connectivity index (χ1v) is 9.27. The number of benzene rings is 2. The van der Waals surface area contributed by atoms with E-state index in [9.17, 15) is 14.0 Å². The molecule has 2 aromatic carbocycles. The van der Waals surface area contributed by atoms with Gasteiger partial charge in [0.15, 0.2) is 0 Å². The molecule has 142 valence electrons. The van der Waals surface area contributed by atoms with E-state index in [2.05, 4.69) is 5.32 Å². The summed E-state index contributed by atoms with van der Waals surface area (Å²) in [5.41, 5.74) is 1.59. The number of hydrogen-bond donors (Lipinski definition) is 1. The van der Waals surface area contributed by atoms with Gasteiger partial charge >= 0.3 is 0 Å². The molecule has 27 heavy (non-hydrogen) atoms. The number of nitrogens with zero attached hydrogens (tertiary/aromatic N) is 1. The summed E-state index contributed by atoms with van der Waals surface area (Å²) >= 11 is 0. The highest BCUT2D eigenvalue weighted by atomic mass is 19.1. The molecule has 0 radical (unpaired) electrons. The van der Waals surface area contributed by atoms with E-state index >= 15 is 0 Å². The second-order valence-corrected chi connectivity index (χ2v) is 7.54. The van der Waals surface area contributed by atoms with E-state index in [-0.39, 0.29) is 17.4 Å². The predicted octanol–water partition coefficient (Wildman–Crippen LogP) is 3.69. The van der Waals surface area contributed by atoms with Gasteiger partial charge in [0, 0.05) is 19.6 Å². The topological polar surface area (TPSA) is 49.4 Å². The van der Waals surface area contributed by atoms with Crippen LogP contribution in [0.15, 0.2) is 48.5 Å². The van der Waals surface area contributed by atoms with Crippen molar-refractivity contribution in [3.63, 3.8) is 0 Å². The van der Waals surface area contributed by atoms with Crippen LogP contribution in [0.1, 0.15) is 41.3 Å². The molecule has 0 unspecified atom stereocenters. The van der Waals surface area contributed by atoms with E-state index in [0.717, 1.165) is 5.56 Å². The van der Waals surface area contributed by atoms with Crippen LogP contribution in [0.2, 0.25) is 0 Å². The molecule has 5 heteroatoms. The maximum atomic E-state index is 14.0. The molecule has 3 rings (SSSR count). The van der Waals surface area contributed by atoms with Crippen LogP contribution in [0.5, 0.6) is 0 Å². The third-order valence-electron chi connectivity index (χ3n) is 5.21. The fraction of sp³-hybridized carbons (Fsp3) is 0.364. The van der Waals surface area contributed by atoms with Gasteiger partial charge in [0.1, 0.15) is 5.82 Å². The molecule has 1 aliphatic heterocycles. The number of halogens is 1. The second kappa shape index (κ2) is 7.91. The molecule has 1 fully saturated rings. The zero-order chi connectivity index (χ0) is 19.4. The van der Waals surface area contributed by atoms with Crippen LogP contribution in [-0.4, -0.2) is 29.8 Å². The van der Waals surface area contributed by atoms with E-state index in [0.29, 0.717) is 32.5 Å². The first kappa shape index (κ1) is 19.1. The molecule has 0 spiro atoms. The Kier molecular flexibility index (Phi) is 5.59. The van der Waals surface area contributed by atoms with E-state index in [1.165, 1.54) is 17.7 Å². The van der Waals surface area contributed by atoms with Gasteiger partial charge in [0.2, 0.25) is 5.91 Å². The van der Waals surface area contributed by atoms with Gasteiger partial charge in [-0.25, -0.2) is 4.39 Å². The molecule has 4 nitrogen and oxygen atoms in total. The van der Waals surface area contributed by atoms with Gasteiger partial charge in [0.05, 0.1) is 11.0 Å². The Balaban J connectivity index is 1.66. The first-order chi connectivity index (χ1) is 12.9.